The van der Waals surface area contributed by atoms with Gasteiger partial charge in [-0.25, -0.2) is 4.98 Å². The zero-order valence-corrected chi connectivity index (χ0v) is 11.9. The van der Waals surface area contributed by atoms with Gasteiger partial charge in [0.25, 0.3) is 0 Å². The molecule has 2 rings (SSSR count). The van der Waals surface area contributed by atoms with Gasteiger partial charge in [0.15, 0.2) is 5.13 Å². The number of anilines is 1. The number of carboxylic acid groups (broad SMARTS) is 1. The summed E-state index contributed by atoms with van der Waals surface area (Å²) in [6.07, 6.45) is 3.73. The second-order valence-electron chi connectivity index (χ2n) is 5.52. The van der Waals surface area contributed by atoms with Crippen LogP contribution in [0.5, 0.6) is 0 Å². The molecule has 4 nitrogen and oxygen atoms in total. The predicted molar refractivity (Wildman–Crippen MR) is 73.4 cm³/mol. The fourth-order valence-electron chi connectivity index (χ4n) is 2.50. The minimum Gasteiger partial charge on any atom is -0.481 e. The largest absolute Gasteiger partial charge is 0.481 e. The Morgan fingerprint density at radius 2 is 2.33 bits per heavy atom. The Kier molecular flexibility index (Phi) is 3.61. The molecule has 1 aromatic heterocycles. The van der Waals surface area contributed by atoms with Crippen molar-refractivity contribution < 1.29 is 9.90 Å². The Morgan fingerprint density at radius 3 is 2.94 bits per heavy atom. The van der Waals surface area contributed by atoms with Gasteiger partial charge in [0, 0.05) is 10.4 Å². The van der Waals surface area contributed by atoms with Crippen LogP contribution in [0.15, 0.2) is 0 Å². The van der Waals surface area contributed by atoms with Crippen LogP contribution in [0.25, 0.3) is 0 Å². The molecule has 0 bridgehead atoms. The molecule has 18 heavy (non-hydrogen) atoms. The van der Waals surface area contributed by atoms with E-state index in [9.17, 15) is 4.79 Å². The van der Waals surface area contributed by atoms with Crippen LogP contribution in [0.2, 0.25) is 0 Å². The van der Waals surface area contributed by atoms with Gasteiger partial charge in [-0.3, -0.25) is 4.79 Å². The zero-order valence-electron chi connectivity index (χ0n) is 11.1. The zero-order chi connectivity index (χ0) is 13.3. The third kappa shape index (κ3) is 2.66. The number of carboxylic acids is 1. The van der Waals surface area contributed by atoms with E-state index in [1.807, 2.05) is 0 Å². The predicted octanol–water partition coefficient (Wildman–Crippen LogP) is 3.25. The monoisotopic (exact) mass is 268 g/mol. The molecule has 5 heteroatoms. The van der Waals surface area contributed by atoms with Gasteiger partial charge in [-0.15, -0.1) is 11.3 Å². The minimum absolute atomic E-state index is 0.0130. The van der Waals surface area contributed by atoms with Crippen molar-refractivity contribution in [2.24, 2.45) is 0 Å². The van der Waals surface area contributed by atoms with Gasteiger partial charge in [-0.05, 0) is 33.1 Å². The minimum atomic E-state index is -0.751. The standard InChI is InChI=1S/C13H20N2O2S/c1-4-7-13(2,3)15-12-14-10-8(11(16)17)5-6-9(10)18-12/h8H,4-7H2,1-3H3,(H,14,15)(H,16,17). The van der Waals surface area contributed by atoms with Crippen molar-refractivity contribution >= 4 is 22.4 Å². The van der Waals surface area contributed by atoms with Crippen LogP contribution in [0, 0.1) is 0 Å². The van der Waals surface area contributed by atoms with Crippen molar-refractivity contribution in [3.8, 4) is 0 Å². The molecule has 1 unspecified atom stereocenters. The van der Waals surface area contributed by atoms with Gasteiger partial charge in [-0.1, -0.05) is 13.3 Å². The second kappa shape index (κ2) is 4.88. The maximum Gasteiger partial charge on any atom is 0.312 e. The molecule has 0 saturated carbocycles. The number of hydrogen-bond donors (Lipinski definition) is 2. The van der Waals surface area contributed by atoms with Gasteiger partial charge < -0.3 is 10.4 Å². The van der Waals surface area contributed by atoms with Crippen LogP contribution in [0.3, 0.4) is 0 Å². The third-order valence-corrected chi connectivity index (χ3v) is 4.38. The molecule has 0 spiro atoms. The van der Waals surface area contributed by atoms with Crippen LogP contribution < -0.4 is 5.32 Å². The number of aliphatic carboxylic acids is 1. The first-order chi connectivity index (χ1) is 8.43. The maximum atomic E-state index is 11.1. The summed E-state index contributed by atoms with van der Waals surface area (Å²) in [4.78, 5) is 16.7. The molecule has 2 N–H and O–H groups in total. The Balaban J connectivity index is 2.14. The van der Waals surface area contributed by atoms with E-state index in [1.165, 1.54) is 0 Å². The molecule has 0 aliphatic heterocycles. The Morgan fingerprint density at radius 1 is 1.61 bits per heavy atom. The fraction of sp³-hybridized carbons (Fsp3) is 0.692. The highest BCUT2D eigenvalue weighted by Crippen LogP contribution is 2.39. The molecule has 0 saturated heterocycles. The normalized spacial score (nSPS) is 18.7. The van der Waals surface area contributed by atoms with Crippen LogP contribution in [0.1, 0.15) is 56.5 Å². The number of carbonyl (C=O) groups is 1. The van der Waals surface area contributed by atoms with Crippen molar-refractivity contribution in [3.05, 3.63) is 10.6 Å². The Labute approximate surface area is 111 Å². The summed E-state index contributed by atoms with van der Waals surface area (Å²) >= 11 is 1.61. The molecule has 0 fully saturated rings. The van der Waals surface area contributed by atoms with E-state index in [1.54, 1.807) is 11.3 Å². The third-order valence-electron chi connectivity index (χ3n) is 3.34. The summed E-state index contributed by atoms with van der Waals surface area (Å²) in [7, 11) is 0. The molecule has 1 aromatic rings. The highest BCUT2D eigenvalue weighted by atomic mass is 32.1. The van der Waals surface area contributed by atoms with Gasteiger partial charge in [-0.2, -0.15) is 0 Å². The number of rotatable bonds is 5. The quantitative estimate of drug-likeness (QED) is 0.860. The lowest BCUT2D eigenvalue weighted by Gasteiger charge is -2.25. The van der Waals surface area contributed by atoms with Gasteiger partial charge in [0.1, 0.15) is 5.92 Å². The highest BCUT2D eigenvalue weighted by molar-refractivity contribution is 7.15. The molecule has 1 heterocycles. The van der Waals surface area contributed by atoms with Gasteiger partial charge in [0.2, 0.25) is 0 Å². The molecule has 100 valence electrons. The first-order valence-corrected chi connectivity index (χ1v) is 7.25. The lowest BCUT2D eigenvalue weighted by atomic mass is 10.00. The van der Waals surface area contributed by atoms with E-state index in [4.69, 9.17) is 5.11 Å². The second-order valence-corrected chi connectivity index (χ2v) is 6.60. The Bertz CT molecular complexity index is 454. The van der Waals surface area contributed by atoms with E-state index in [2.05, 4.69) is 31.1 Å². The smallest absolute Gasteiger partial charge is 0.312 e. The van der Waals surface area contributed by atoms with Crippen LogP contribution in [0.4, 0.5) is 5.13 Å². The number of aromatic nitrogens is 1. The summed E-state index contributed by atoms with van der Waals surface area (Å²) in [5.41, 5.74) is 0.793. The molecule has 1 aliphatic rings. The molecule has 0 aromatic carbocycles. The molecule has 1 aliphatic carbocycles. The van der Waals surface area contributed by atoms with Crippen LogP contribution >= 0.6 is 11.3 Å². The fourth-order valence-corrected chi connectivity index (χ4v) is 3.72. The van der Waals surface area contributed by atoms with Gasteiger partial charge >= 0.3 is 5.97 Å². The summed E-state index contributed by atoms with van der Waals surface area (Å²) in [5, 5.41) is 13.4. The topological polar surface area (TPSA) is 62.2 Å². The number of fused-ring (bicyclic) bond motifs is 1. The van der Waals surface area contributed by atoms with Crippen molar-refractivity contribution in [1.82, 2.24) is 4.98 Å². The maximum absolute atomic E-state index is 11.1. The number of nitrogens with one attached hydrogen (secondary N) is 1. The number of hydrogen-bond acceptors (Lipinski definition) is 4. The summed E-state index contributed by atoms with van der Waals surface area (Å²) in [6.45, 7) is 6.46. The Hall–Kier alpha value is -1.10. The lowest BCUT2D eigenvalue weighted by Crippen LogP contribution is -2.30. The van der Waals surface area contributed by atoms with Crippen molar-refractivity contribution in [3.63, 3.8) is 0 Å². The van der Waals surface area contributed by atoms with E-state index < -0.39 is 11.9 Å². The van der Waals surface area contributed by atoms with Crippen molar-refractivity contribution in [2.75, 3.05) is 5.32 Å². The van der Waals surface area contributed by atoms with Crippen LogP contribution in [-0.2, 0) is 11.2 Å². The first-order valence-electron chi connectivity index (χ1n) is 6.43. The van der Waals surface area contributed by atoms with Crippen molar-refractivity contribution in [2.45, 2.75) is 57.9 Å². The van der Waals surface area contributed by atoms with E-state index >= 15 is 0 Å². The first kappa shape index (κ1) is 13.3. The number of aryl methyl sites for hydroxylation is 1. The van der Waals surface area contributed by atoms with Crippen LogP contribution in [-0.4, -0.2) is 21.6 Å². The molecule has 0 amide bonds. The number of thiazole rings is 1. The van der Waals surface area contributed by atoms with E-state index in [0.717, 1.165) is 35.0 Å². The number of nitrogens with zero attached hydrogens (tertiary/aromatic N) is 1. The molecular formula is C13H20N2O2S. The molecular weight excluding hydrogens is 248 g/mol. The summed E-state index contributed by atoms with van der Waals surface area (Å²) < 4.78 is 0. The summed E-state index contributed by atoms with van der Waals surface area (Å²) in [5.74, 6) is -1.15. The van der Waals surface area contributed by atoms with E-state index in [-0.39, 0.29) is 5.54 Å². The average molecular weight is 268 g/mol. The van der Waals surface area contributed by atoms with Gasteiger partial charge in [0.05, 0.1) is 5.69 Å². The molecule has 0 radical (unpaired) electrons. The lowest BCUT2D eigenvalue weighted by molar-refractivity contribution is -0.138. The summed E-state index contributed by atoms with van der Waals surface area (Å²) in [6, 6.07) is 0. The van der Waals surface area contributed by atoms with E-state index in [0.29, 0.717) is 6.42 Å². The average Bonchev–Trinajstić information content (AvgIpc) is 2.74. The SMILES string of the molecule is CCCC(C)(C)Nc1nc2c(s1)CCC2C(=O)O. The highest BCUT2D eigenvalue weighted by Gasteiger charge is 2.33. The van der Waals surface area contributed by atoms with Crippen molar-refractivity contribution in [1.29, 1.82) is 0 Å². The molecule has 1 atom stereocenters.